The molecule has 0 heterocycles. The predicted octanol–water partition coefficient (Wildman–Crippen LogP) is 6.54. The van der Waals surface area contributed by atoms with E-state index in [-0.39, 0.29) is 31.0 Å². The van der Waals surface area contributed by atoms with E-state index in [2.05, 4.69) is 21.2 Å². The highest BCUT2D eigenvalue weighted by Gasteiger charge is 2.32. The van der Waals surface area contributed by atoms with Crippen molar-refractivity contribution in [1.82, 2.24) is 10.2 Å². The van der Waals surface area contributed by atoms with E-state index >= 15 is 0 Å². The molecule has 3 aromatic carbocycles. The molecule has 0 saturated heterocycles. The number of nitrogens with zero attached hydrogens (tertiary/aromatic N) is 1. The minimum Gasteiger partial charge on any atom is -0.497 e. The summed E-state index contributed by atoms with van der Waals surface area (Å²) >= 11 is 3.59. The fourth-order valence-corrected chi connectivity index (χ4v) is 5.51. The number of rotatable bonds is 11. The molecule has 0 unspecified atom stereocenters. The Hall–Kier alpha value is -3.32. The van der Waals surface area contributed by atoms with E-state index in [1.54, 1.807) is 12.0 Å². The molecule has 1 N–H and O–H groups in total. The van der Waals surface area contributed by atoms with Crippen LogP contribution in [0.4, 0.5) is 0 Å². The molecule has 1 fully saturated rings. The Labute approximate surface area is 246 Å². The van der Waals surface area contributed by atoms with E-state index in [9.17, 15) is 9.59 Å². The van der Waals surface area contributed by atoms with Gasteiger partial charge in [0, 0.05) is 23.5 Å². The first-order valence-electron chi connectivity index (χ1n) is 14.0. The molecule has 1 aliphatic rings. The van der Waals surface area contributed by atoms with Gasteiger partial charge in [-0.25, -0.2) is 0 Å². The summed E-state index contributed by atoms with van der Waals surface area (Å²) in [5.41, 5.74) is 3.94. The summed E-state index contributed by atoms with van der Waals surface area (Å²) in [4.78, 5) is 29.5. The van der Waals surface area contributed by atoms with Crippen LogP contribution in [-0.2, 0) is 22.6 Å². The zero-order chi connectivity index (χ0) is 28.5. The lowest BCUT2D eigenvalue weighted by Gasteiger charge is -2.33. The van der Waals surface area contributed by atoms with E-state index in [0.717, 1.165) is 52.4 Å². The maximum Gasteiger partial charge on any atom is 0.261 e. The summed E-state index contributed by atoms with van der Waals surface area (Å²) in [6, 6.07) is 20.8. The number of nitrogens with one attached hydrogen (secondary N) is 1. The van der Waals surface area contributed by atoms with Crippen molar-refractivity contribution in [3.63, 3.8) is 0 Å². The molecule has 0 spiro atoms. The number of benzene rings is 3. The fourth-order valence-electron chi connectivity index (χ4n) is 5.28. The van der Waals surface area contributed by atoms with Gasteiger partial charge in [-0.3, -0.25) is 9.59 Å². The number of aryl methyl sites for hydroxylation is 2. The fraction of sp³-hybridized carbons (Fsp3) is 0.394. The summed E-state index contributed by atoms with van der Waals surface area (Å²) in [6.07, 6.45) is 5.78. The molecule has 7 heteroatoms. The van der Waals surface area contributed by atoms with Crippen LogP contribution in [-0.4, -0.2) is 42.5 Å². The van der Waals surface area contributed by atoms with Gasteiger partial charge in [-0.05, 0) is 73.2 Å². The van der Waals surface area contributed by atoms with Crippen LogP contribution in [0, 0.1) is 13.8 Å². The molecule has 4 rings (SSSR count). The average Bonchev–Trinajstić information content (AvgIpc) is 2.97. The van der Waals surface area contributed by atoms with Crippen LogP contribution < -0.4 is 14.8 Å². The number of carbonyl (C=O) groups is 2. The van der Waals surface area contributed by atoms with E-state index in [1.165, 1.54) is 6.42 Å². The van der Waals surface area contributed by atoms with Crippen LogP contribution in [0.2, 0.25) is 0 Å². The van der Waals surface area contributed by atoms with E-state index in [4.69, 9.17) is 9.47 Å². The standard InChI is InChI=1S/C33H39BrN2O4/c1-23-17-29(18-24(2)32(23)34)40-22-31(37)36(21-26-13-10-16-28(19-26)39-3)30(20-25-11-6-4-7-12-25)33(38)35-27-14-8-5-9-15-27/h4,6-7,10-13,16-19,27,30H,5,8-9,14-15,20-22H2,1-3H3,(H,35,38)/t30-/m0/s1. The van der Waals surface area contributed by atoms with Crippen molar-refractivity contribution in [3.8, 4) is 11.5 Å². The topological polar surface area (TPSA) is 67.9 Å². The Kier molecular flexibility index (Phi) is 10.6. The Bertz CT molecular complexity index is 1270. The van der Waals surface area contributed by atoms with Crippen molar-refractivity contribution in [3.05, 3.63) is 93.5 Å². The van der Waals surface area contributed by atoms with Crippen LogP contribution in [0.5, 0.6) is 11.5 Å². The third kappa shape index (κ3) is 8.10. The van der Waals surface area contributed by atoms with Gasteiger partial charge in [0.1, 0.15) is 17.5 Å². The Balaban J connectivity index is 1.63. The van der Waals surface area contributed by atoms with Crippen LogP contribution in [0.1, 0.15) is 54.4 Å². The molecular formula is C33H39BrN2O4. The van der Waals surface area contributed by atoms with Gasteiger partial charge in [0.25, 0.3) is 5.91 Å². The van der Waals surface area contributed by atoms with Gasteiger partial charge in [0.05, 0.1) is 7.11 Å². The molecule has 40 heavy (non-hydrogen) atoms. The van der Waals surface area contributed by atoms with Crippen molar-refractivity contribution in [2.75, 3.05) is 13.7 Å². The normalized spacial score (nSPS) is 14.3. The Morgan fingerprint density at radius 3 is 2.27 bits per heavy atom. The quantitative estimate of drug-likeness (QED) is 0.269. The lowest BCUT2D eigenvalue weighted by atomic mass is 9.94. The molecule has 212 valence electrons. The smallest absolute Gasteiger partial charge is 0.261 e. The first-order chi connectivity index (χ1) is 19.3. The van der Waals surface area contributed by atoms with Gasteiger partial charge >= 0.3 is 0 Å². The number of hydrogen-bond acceptors (Lipinski definition) is 4. The Morgan fingerprint density at radius 2 is 1.60 bits per heavy atom. The van der Waals surface area contributed by atoms with Gasteiger partial charge < -0.3 is 19.7 Å². The highest BCUT2D eigenvalue weighted by atomic mass is 79.9. The number of methoxy groups -OCH3 is 1. The Morgan fingerprint density at radius 1 is 0.925 bits per heavy atom. The molecule has 1 atom stereocenters. The van der Waals surface area contributed by atoms with E-state index in [0.29, 0.717) is 17.9 Å². The molecule has 2 amide bonds. The first-order valence-corrected chi connectivity index (χ1v) is 14.8. The first kappa shape index (κ1) is 29.7. The lowest BCUT2D eigenvalue weighted by Crippen LogP contribution is -2.53. The van der Waals surface area contributed by atoms with Gasteiger partial charge in [-0.15, -0.1) is 0 Å². The highest BCUT2D eigenvalue weighted by molar-refractivity contribution is 9.10. The SMILES string of the molecule is COc1cccc(CN(C(=O)COc2cc(C)c(Br)c(C)c2)[C@@H](Cc2ccccc2)C(=O)NC2CCCCC2)c1. The maximum atomic E-state index is 13.9. The second-order valence-corrected chi connectivity index (χ2v) is 11.4. The third-order valence-corrected chi connectivity index (χ3v) is 8.73. The number of carbonyl (C=O) groups excluding carboxylic acids is 2. The summed E-state index contributed by atoms with van der Waals surface area (Å²) < 4.78 is 12.5. The summed E-state index contributed by atoms with van der Waals surface area (Å²) in [5, 5.41) is 3.27. The molecule has 0 aliphatic heterocycles. The van der Waals surface area contributed by atoms with Gasteiger partial charge in [0.2, 0.25) is 5.91 Å². The minimum atomic E-state index is -0.694. The predicted molar refractivity (Wildman–Crippen MR) is 162 cm³/mol. The van der Waals surface area contributed by atoms with Crippen molar-refractivity contribution in [2.24, 2.45) is 0 Å². The molecule has 3 aromatic rings. The summed E-state index contributed by atoms with van der Waals surface area (Å²) in [6.45, 7) is 4.07. The molecular weight excluding hydrogens is 568 g/mol. The molecule has 0 aromatic heterocycles. The second-order valence-electron chi connectivity index (χ2n) is 10.6. The van der Waals surface area contributed by atoms with Crippen molar-refractivity contribution >= 4 is 27.7 Å². The lowest BCUT2D eigenvalue weighted by molar-refractivity contribution is -0.143. The summed E-state index contributed by atoms with van der Waals surface area (Å²) in [7, 11) is 1.62. The van der Waals surface area contributed by atoms with Crippen LogP contribution in [0.15, 0.2) is 71.2 Å². The van der Waals surface area contributed by atoms with Crippen LogP contribution in [0.3, 0.4) is 0 Å². The van der Waals surface area contributed by atoms with Gasteiger partial charge in [-0.1, -0.05) is 77.7 Å². The minimum absolute atomic E-state index is 0.123. The van der Waals surface area contributed by atoms with Crippen molar-refractivity contribution in [2.45, 2.75) is 71.0 Å². The molecule has 0 bridgehead atoms. The average molecular weight is 608 g/mol. The van der Waals surface area contributed by atoms with Crippen molar-refractivity contribution in [1.29, 1.82) is 0 Å². The number of ether oxygens (including phenoxy) is 2. The van der Waals surface area contributed by atoms with Crippen LogP contribution in [0.25, 0.3) is 0 Å². The number of hydrogen-bond donors (Lipinski definition) is 1. The van der Waals surface area contributed by atoms with Crippen LogP contribution >= 0.6 is 15.9 Å². The summed E-state index contributed by atoms with van der Waals surface area (Å²) in [5.74, 6) is 0.954. The molecule has 1 saturated carbocycles. The number of halogens is 1. The zero-order valence-corrected chi connectivity index (χ0v) is 25.2. The third-order valence-electron chi connectivity index (χ3n) is 7.48. The van der Waals surface area contributed by atoms with E-state index in [1.807, 2.05) is 80.6 Å². The van der Waals surface area contributed by atoms with Gasteiger partial charge in [-0.2, -0.15) is 0 Å². The van der Waals surface area contributed by atoms with E-state index < -0.39 is 6.04 Å². The van der Waals surface area contributed by atoms with Crippen molar-refractivity contribution < 1.29 is 19.1 Å². The molecule has 0 radical (unpaired) electrons. The zero-order valence-electron chi connectivity index (χ0n) is 23.6. The molecule has 6 nitrogen and oxygen atoms in total. The van der Waals surface area contributed by atoms with Gasteiger partial charge in [0.15, 0.2) is 6.61 Å². The second kappa shape index (κ2) is 14.4. The number of amides is 2. The monoisotopic (exact) mass is 606 g/mol. The highest BCUT2D eigenvalue weighted by Crippen LogP contribution is 2.27. The largest absolute Gasteiger partial charge is 0.497 e. The maximum absolute atomic E-state index is 13.9. The molecule has 1 aliphatic carbocycles.